The molecular weight excluding hydrogens is 170 g/mol. The van der Waals surface area contributed by atoms with E-state index in [1.165, 1.54) is 0 Å². The largest absolute Gasteiger partial charge is 0.258 e. The summed E-state index contributed by atoms with van der Waals surface area (Å²) < 4.78 is 0. The van der Waals surface area contributed by atoms with Gasteiger partial charge in [-0.2, -0.15) is 0 Å². The first kappa shape index (κ1) is 7.36. The Bertz CT molecular complexity index is 370. The molecule has 12 heavy (non-hydrogen) atoms. The summed E-state index contributed by atoms with van der Waals surface area (Å²) in [6.45, 7) is 1.93. The number of hydrogen-bond acceptors (Lipinski definition) is 4. The van der Waals surface area contributed by atoms with Gasteiger partial charge in [0.2, 0.25) is 0 Å². The van der Waals surface area contributed by atoms with Crippen LogP contribution in [0.4, 0.5) is 0 Å². The molecule has 0 saturated heterocycles. The molecule has 2 heterocycles. The van der Waals surface area contributed by atoms with Gasteiger partial charge in [0, 0.05) is 17.8 Å². The molecule has 2 aromatic heterocycles. The van der Waals surface area contributed by atoms with Crippen molar-refractivity contribution in [3.05, 3.63) is 29.0 Å². The summed E-state index contributed by atoms with van der Waals surface area (Å²) in [6.07, 6.45) is 3.37. The van der Waals surface area contributed by atoms with E-state index < -0.39 is 0 Å². The quantitative estimate of drug-likeness (QED) is 0.667. The van der Waals surface area contributed by atoms with Crippen molar-refractivity contribution >= 4 is 11.3 Å². The Kier molecular flexibility index (Phi) is 1.83. The lowest BCUT2D eigenvalue weighted by Gasteiger charge is -1.97. The van der Waals surface area contributed by atoms with Crippen LogP contribution in [0.2, 0.25) is 0 Å². The van der Waals surface area contributed by atoms with Gasteiger partial charge in [-0.15, -0.1) is 11.3 Å². The second-order valence-electron chi connectivity index (χ2n) is 2.36. The zero-order valence-electron chi connectivity index (χ0n) is 6.56. The van der Waals surface area contributed by atoms with E-state index >= 15 is 0 Å². The van der Waals surface area contributed by atoms with Crippen molar-refractivity contribution in [2.45, 2.75) is 6.92 Å². The minimum Gasteiger partial charge on any atom is -0.258 e. The summed E-state index contributed by atoms with van der Waals surface area (Å²) in [5.74, 6) is 0. The highest BCUT2D eigenvalue weighted by Gasteiger charge is 2.04. The Balaban J connectivity index is 2.55. The number of rotatable bonds is 1. The van der Waals surface area contributed by atoms with Crippen LogP contribution in [-0.2, 0) is 0 Å². The van der Waals surface area contributed by atoms with E-state index in [1.807, 2.05) is 12.3 Å². The molecular formula is C8H7N3S. The average Bonchev–Trinajstić information content (AvgIpc) is 2.57. The molecule has 0 bridgehead atoms. The van der Waals surface area contributed by atoms with Crippen molar-refractivity contribution < 1.29 is 0 Å². The third-order valence-electron chi connectivity index (χ3n) is 1.56. The molecule has 0 atom stereocenters. The first-order valence-corrected chi connectivity index (χ1v) is 4.48. The molecule has 4 heteroatoms. The van der Waals surface area contributed by atoms with E-state index in [0.29, 0.717) is 0 Å². The summed E-state index contributed by atoms with van der Waals surface area (Å²) >= 11 is 1.56. The predicted molar refractivity (Wildman–Crippen MR) is 47.9 cm³/mol. The smallest absolute Gasteiger partial charge is 0.111 e. The Labute approximate surface area is 74.2 Å². The number of aromatic nitrogens is 3. The van der Waals surface area contributed by atoms with Gasteiger partial charge in [0.1, 0.15) is 11.4 Å². The van der Waals surface area contributed by atoms with Crippen molar-refractivity contribution in [3.63, 3.8) is 0 Å². The first-order chi connectivity index (χ1) is 5.88. The predicted octanol–water partition coefficient (Wildman–Crippen LogP) is 1.91. The molecule has 0 spiro atoms. The Morgan fingerprint density at radius 1 is 1.17 bits per heavy atom. The highest BCUT2D eigenvalue weighted by Crippen LogP contribution is 2.17. The summed E-state index contributed by atoms with van der Waals surface area (Å²) in [4.78, 5) is 12.5. The molecule has 0 amide bonds. The van der Waals surface area contributed by atoms with Crippen molar-refractivity contribution in [1.82, 2.24) is 15.0 Å². The second kappa shape index (κ2) is 2.98. The van der Waals surface area contributed by atoms with Crippen molar-refractivity contribution in [3.8, 4) is 11.4 Å². The summed E-state index contributed by atoms with van der Waals surface area (Å²) in [6, 6.07) is 0. The first-order valence-electron chi connectivity index (χ1n) is 3.54. The van der Waals surface area contributed by atoms with Crippen LogP contribution in [0, 0.1) is 6.92 Å². The third kappa shape index (κ3) is 1.21. The van der Waals surface area contributed by atoms with Crippen molar-refractivity contribution in [1.29, 1.82) is 0 Å². The lowest BCUT2D eigenvalue weighted by Crippen LogP contribution is -1.90. The number of hydrogen-bond donors (Lipinski definition) is 0. The summed E-state index contributed by atoms with van der Waals surface area (Å²) in [5, 5.41) is 1.97. The Hall–Kier alpha value is -1.29. The molecule has 0 unspecified atom stereocenters. The van der Waals surface area contributed by atoms with Crippen LogP contribution < -0.4 is 0 Å². The summed E-state index contributed by atoms with van der Waals surface area (Å²) in [5.41, 5.74) is 4.50. The molecule has 3 nitrogen and oxygen atoms in total. The highest BCUT2D eigenvalue weighted by atomic mass is 32.1. The lowest BCUT2D eigenvalue weighted by atomic mass is 10.3. The van der Waals surface area contributed by atoms with Crippen LogP contribution in [0.15, 0.2) is 23.3 Å². The molecule has 0 radical (unpaired) electrons. The monoisotopic (exact) mass is 177 g/mol. The average molecular weight is 177 g/mol. The minimum absolute atomic E-state index is 0.874. The number of nitrogens with zero attached hydrogens (tertiary/aromatic N) is 3. The minimum atomic E-state index is 0.874. The van der Waals surface area contributed by atoms with E-state index in [-0.39, 0.29) is 0 Å². The topological polar surface area (TPSA) is 38.7 Å². The molecule has 0 fully saturated rings. The van der Waals surface area contributed by atoms with Gasteiger partial charge < -0.3 is 0 Å². The molecule has 0 aromatic carbocycles. The SMILES string of the molecule is Cc1nccnc1-c1cscn1. The van der Waals surface area contributed by atoms with Gasteiger partial charge in [0.25, 0.3) is 0 Å². The zero-order chi connectivity index (χ0) is 8.39. The molecule has 60 valence electrons. The Morgan fingerprint density at radius 3 is 2.67 bits per heavy atom. The van der Waals surface area contributed by atoms with Crippen LogP contribution in [-0.4, -0.2) is 15.0 Å². The maximum Gasteiger partial charge on any atom is 0.111 e. The molecule has 0 aliphatic carbocycles. The van der Waals surface area contributed by atoms with Gasteiger partial charge in [0.05, 0.1) is 11.2 Å². The van der Waals surface area contributed by atoms with Crippen molar-refractivity contribution in [2.24, 2.45) is 0 Å². The van der Waals surface area contributed by atoms with Crippen molar-refractivity contribution in [2.75, 3.05) is 0 Å². The van der Waals surface area contributed by atoms with E-state index in [4.69, 9.17) is 0 Å². The van der Waals surface area contributed by atoms with Gasteiger partial charge in [-0.25, -0.2) is 4.98 Å². The fourth-order valence-corrected chi connectivity index (χ4v) is 1.53. The van der Waals surface area contributed by atoms with E-state index in [1.54, 1.807) is 29.2 Å². The maximum atomic E-state index is 4.20. The van der Waals surface area contributed by atoms with Crippen LogP contribution >= 0.6 is 11.3 Å². The van der Waals surface area contributed by atoms with Crippen LogP contribution in [0.25, 0.3) is 11.4 Å². The van der Waals surface area contributed by atoms with E-state index in [0.717, 1.165) is 17.1 Å². The zero-order valence-corrected chi connectivity index (χ0v) is 7.38. The molecule has 0 aliphatic rings. The molecule has 0 aliphatic heterocycles. The van der Waals surface area contributed by atoms with Gasteiger partial charge in [0.15, 0.2) is 0 Å². The van der Waals surface area contributed by atoms with Crippen LogP contribution in [0.5, 0.6) is 0 Å². The number of thiazole rings is 1. The van der Waals surface area contributed by atoms with Crippen LogP contribution in [0.1, 0.15) is 5.69 Å². The van der Waals surface area contributed by atoms with Gasteiger partial charge in [-0.1, -0.05) is 0 Å². The van der Waals surface area contributed by atoms with Gasteiger partial charge >= 0.3 is 0 Å². The fourth-order valence-electron chi connectivity index (χ4n) is 0.989. The van der Waals surface area contributed by atoms with E-state index in [2.05, 4.69) is 15.0 Å². The molecule has 2 rings (SSSR count). The van der Waals surface area contributed by atoms with Gasteiger partial charge in [-0.3, -0.25) is 9.97 Å². The normalized spacial score (nSPS) is 10.1. The maximum absolute atomic E-state index is 4.20. The standard InChI is InChI=1S/C8H7N3S/c1-6-8(10-3-2-9-6)7-4-12-5-11-7/h2-5H,1H3. The summed E-state index contributed by atoms with van der Waals surface area (Å²) in [7, 11) is 0. The van der Waals surface area contributed by atoms with Gasteiger partial charge in [-0.05, 0) is 6.92 Å². The molecule has 2 aromatic rings. The highest BCUT2D eigenvalue weighted by molar-refractivity contribution is 7.07. The number of aryl methyl sites for hydroxylation is 1. The molecule has 0 N–H and O–H groups in total. The fraction of sp³-hybridized carbons (Fsp3) is 0.125. The molecule has 0 saturated carbocycles. The van der Waals surface area contributed by atoms with E-state index in [9.17, 15) is 0 Å². The second-order valence-corrected chi connectivity index (χ2v) is 3.08. The Morgan fingerprint density at radius 2 is 2.00 bits per heavy atom. The lowest BCUT2D eigenvalue weighted by molar-refractivity contribution is 1.11. The van der Waals surface area contributed by atoms with Crippen LogP contribution in [0.3, 0.4) is 0 Å². The third-order valence-corrected chi connectivity index (χ3v) is 2.14.